The van der Waals surface area contributed by atoms with E-state index >= 15 is 0 Å². The van der Waals surface area contributed by atoms with Gasteiger partial charge in [-0.05, 0) is 29.8 Å². The average molecular weight is 337 g/mol. The minimum atomic E-state index is -0.976. The summed E-state index contributed by atoms with van der Waals surface area (Å²) in [7, 11) is 1.51. The summed E-state index contributed by atoms with van der Waals surface area (Å²) in [6.07, 6.45) is 0. The lowest BCUT2D eigenvalue weighted by molar-refractivity contribution is 0.0697. The molecule has 23 heavy (non-hydrogen) atoms. The summed E-state index contributed by atoms with van der Waals surface area (Å²) in [5.41, 5.74) is 7.00. The first-order chi connectivity index (χ1) is 10.5. The molecule has 0 unspecified atom stereocenters. The lowest BCUT2D eigenvalue weighted by Gasteiger charge is -2.14. The highest BCUT2D eigenvalue weighted by Gasteiger charge is 2.13. The summed E-state index contributed by atoms with van der Waals surface area (Å²) in [4.78, 5) is 10.8. The van der Waals surface area contributed by atoms with Crippen LogP contribution in [-0.4, -0.2) is 24.0 Å². The van der Waals surface area contributed by atoms with Gasteiger partial charge in [0, 0.05) is 0 Å². The van der Waals surface area contributed by atoms with Crippen molar-refractivity contribution in [1.29, 1.82) is 5.41 Å². The molecule has 0 aliphatic carbocycles. The highest BCUT2D eigenvalue weighted by molar-refractivity contribution is 5.98. The number of carboxylic acids is 1. The van der Waals surface area contributed by atoms with Gasteiger partial charge < -0.3 is 20.3 Å². The van der Waals surface area contributed by atoms with Crippen LogP contribution in [-0.2, 0) is 6.61 Å². The third-order valence-electron chi connectivity index (χ3n) is 3.07. The fourth-order valence-corrected chi connectivity index (χ4v) is 1.94. The van der Waals surface area contributed by atoms with Gasteiger partial charge in [0.2, 0.25) is 0 Å². The van der Waals surface area contributed by atoms with Gasteiger partial charge in [-0.25, -0.2) is 4.79 Å². The number of rotatable bonds is 6. The molecule has 2 aromatic rings. The Hall–Kier alpha value is -2.73. The van der Waals surface area contributed by atoms with E-state index in [1.165, 1.54) is 19.2 Å². The molecule has 4 N–H and O–H groups in total. The van der Waals surface area contributed by atoms with Crippen LogP contribution >= 0.6 is 12.4 Å². The van der Waals surface area contributed by atoms with Crippen LogP contribution in [0, 0.1) is 5.41 Å². The van der Waals surface area contributed by atoms with E-state index in [-0.39, 0.29) is 30.4 Å². The van der Waals surface area contributed by atoms with Gasteiger partial charge in [0.05, 0.1) is 18.2 Å². The number of nitrogens with one attached hydrogen (secondary N) is 1. The fourth-order valence-electron chi connectivity index (χ4n) is 1.94. The van der Waals surface area contributed by atoms with Gasteiger partial charge in [-0.3, -0.25) is 5.41 Å². The van der Waals surface area contributed by atoms with Gasteiger partial charge in [-0.2, -0.15) is 0 Å². The molecule has 0 fully saturated rings. The van der Waals surface area contributed by atoms with Crippen LogP contribution in [0.5, 0.6) is 11.5 Å². The first kappa shape index (κ1) is 18.3. The number of nitrogen functional groups attached to an aromatic ring is 1. The van der Waals surface area contributed by atoms with Gasteiger partial charge in [0.1, 0.15) is 12.4 Å². The molecule has 2 aromatic carbocycles. The van der Waals surface area contributed by atoms with Crippen molar-refractivity contribution in [1.82, 2.24) is 0 Å². The Morgan fingerprint density at radius 2 is 1.87 bits per heavy atom. The summed E-state index contributed by atoms with van der Waals surface area (Å²) in [5, 5.41) is 16.4. The summed E-state index contributed by atoms with van der Waals surface area (Å²) in [6, 6.07) is 11.5. The molecular formula is C16H17ClN2O4. The van der Waals surface area contributed by atoms with E-state index in [1.807, 2.05) is 0 Å². The number of aromatic carboxylic acids is 1. The summed E-state index contributed by atoms with van der Waals surface area (Å²) >= 11 is 0. The number of hydrogen-bond acceptors (Lipinski definition) is 4. The zero-order valence-corrected chi connectivity index (χ0v) is 13.2. The molecule has 0 radical (unpaired) electrons. The molecule has 0 saturated carbocycles. The maximum absolute atomic E-state index is 10.8. The second-order valence-corrected chi connectivity index (χ2v) is 4.54. The van der Waals surface area contributed by atoms with Crippen molar-refractivity contribution in [3.8, 4) is 11.5 Å². The summed E-state index contributed by atoms with van der Waals surface area (Å²) in [5.74, 6) is -0.221. The predicted octanol–water partition coefficient (Wildman–Crippen LogP) is 2.68. The lowest BCUT2D eigenvalue weighted by atomic mass is 10.1. The molecule has 0 atom stereocenters. The number of nitrogens with two attached hydrogens (primary N) is 1. The van der Waals surface area contributed by atoms with Gasteiger partial charge in [-0.1, -0.05) is 18.2 Å². The number of para-hydroxylation sites is 1. The number of methoxy groups -OCH3 is 1. The van der Waals surface area contributed by atoms with Crippen molar-refractivity contribution in [2.45, 2.75) is 6.61 Å². The number of amidine groups is 1. The van der Waals surface area contributed by atoms with Crippen LogP contribution in [0.2, 0.25) is 0 Å². The second kappa shape index (κ2) is 8.05. The lowest BCUT2D eigenvalue weighted by Crippen LogP contribution is -2.13. The van der Waals surface area contributed by atoms with Crippen LogP contribution in [0.25, 0.3) is 0 Å². The SMILES string of the molecule is COc1cccc(C(=N)N)c1OCc1ccc(C(=O)O)cc1.Cl. The number of benzene rings is 2. The van der Waals surface area contributed by atoms with Crippen LogP contribution in [0.15, 0.2) is 42.5 Å². The molecule has 0 aromatic heterocycles. The molecule has 0 bridgehead atoms. The number of ether oxygens (including phenoxy) is 2. The third-order valence-corrected chi connectivity index (χ3v) is 3.07. The molecule has 7 heteroatoms. The molecular weight excluding hydrogens is 320 g/mol. The molecule has 0 amide bonds. The Morgan fingerprint density at radius 3 is 2.39 bits per heavy atom. The van der Waals surface area contributed by atoms with Crippen LogP contribution < -0.4 is 15.2 Å². The highest BCUT2D eigenvalue weighted by atomic mass is 35.5. The van der Waals surface area contributed by atoms with E-state index in [9.17, 15) is 4.79 Å². The first-order valence-electron chi connectivity index (χ1n) is 6.49. The zero-order valence-electron chi connectivity index (χ0n) is 12.4. The van der Waals surface area contributed by atoms with E-state index in [1.54, 1.807) is 30.3 Å². The minimum Gasteiger partial charge on any atom is -0.493 e. The molecule has 0 aliphatic rings. The van der Waals surface area contributed by atoms with Crippen LogP contribution in [0.4, 0.5) is 0 Å². The molecule has 0 aliphatic heterocycles. The molecule has 0 spiro atoms. The van der Waals surface area contributed by atoms with Crippen LogP contribution in [0.1, 0.15) is 21.5 Å². The Bertz CT molecular complexity index is 702. The van der Waals surface area contributed by atoms with Crippen molar-refractivity contribution in [2.75, 3.05) is 7.11 Å². The van der Waals surface area contributed by atoms with E-state index in [0.29, 0.717) is 17.1 Å². The number of carboxylic acid groups (broad SMARTS) is 1. The second-order valence-electron chi connectivity index (χ2n) is 4.54. The maximum atomic E-state index is 10.8. The monoisotopic (exact) mass is 336 g/mol. The van der Waals surface area contributed by atoms with Crippen molar-refractivity contribution in [2.24, 2.45) is 5.73 Å². The van der Waals surface area contributed by atoms with Gasteiger partial charge in [0.15, 0.2) is 11.5 Å². The van der Waals surface area contributed by atoms with Gasteiger partial charge in [-0.15, -0.1) is 12.4 Å². The third kappa shape index (κ3) is 4.37. The van der Waals surface area contributed by atoms with E-state index in [0.717, 1.165) is 5.56 Å². The van der Waals surface area contributed by atoms with Crippen molar-refractivity contribution in [3.05, 3.63) is 59.2 Å². The van der Waals surface area contributed by atoms with Crippen molar-refractivity contribution >= 4 is 24.2 Å². The number of carbonyl (C=O) groups is 1. The summed E-state index contributed by atoms with van der Waals surface area (Å²) < 4.78 is 10.9. The quantitative estimate of drug-likeness (QED) is 0.555. The zero-order chi connectivity index (χ0) is 16.1. The predicted molar refractivity (Wildman–Crippen MR) is 89.0 cm³/mol. The molecule has 0 heterocycles. The Labute approximate surface area is 139 Å². The molecule has 6 nitrogen and oxygen atoms in total. The average Bonchev–Trinajstić information content (AvgIpc) is 2.52. The smallest absolute Gasteiger partial charge is 0.335 e. The van der Waals surface area contributed by atoms with E-state index < -0.39 is 5.97 Å². The highest BCUT2D eigenvalue weighted by Crippen LogP contribution is 2.31. The van der Waals surface area contributed by atoms with Crippen LogP contribution in [0.3, 0.4) is 0 Å². The van der Waals surface area contributed by atoms with Crippen molar-refractivity contribution in [3.63, 3.8) is 0 Å². The Balaban J connectivity index is 0.00000264. The molecule has 0 saturated heterocycles. The summed E-state index contributed by atoms with van der Waals surface area (Å²) in [6.45, 7) is 0.209. The Kier molecular flexibility index (Phi) is 6.41. The standard InChI is InChI=1S/C16H16N2O4.ClH/c1-21-13-4-2-3-12(15(17)18)14(13)22-9-10-5-7-11(8-6-10)16(19)20;/h2-8H,9H2,1H3,(H3,17,18)(H,19,20);1H. The fraction of sp³-hybridized carbons (Fsp3) is 0.125. The normalized spacial score (nSPS) is 9.61. The number of hydrogen-bond donors (Lipinski definition) is 3. The number of halogens is 1. The first-order valence-corrected chi connectivity index (χ1v) is 6.49. The van der Waals surface area contributed by atoms with Gasteiger partial charge in [0.25, 0.3) is 0 Å². The van der Waals surface area contributed by atoms with E-state index in [4.69, 9.17) is 25.7 Å². The molecule has 122 valence electrons. The topological polar surface area (TPSA) is 106 Å². The molecule has 2 rings (SSSR count). The van der Waals surface area contributed by atoms with E-state index in [2.05, 4.69) is 0 Å². The largest absolute Gasteiger partial charge is 0.493 e. The van der Waals surface area contributed by atoms with Crippen molar-refractivity contribution < 1.29 is 19.4 Å². The van der Waals surface area contributed by atoms with Gasteiger partial charge >= 0.3 is 5.97 Å². The Morgan fingerprint density at radius 1 is 1.22 bits per heavy atom. The minimum absolute atomic E-state index is 0. The maximum Gasteiger partial charge on any atom is 0.335 e.